The minimum atomic E-state index is -3.36. The lowest BCUT2D eigenvalue weighted by Crippen LogP contribution is -2.27. The number of nitrogens with zero attached hydrogens (tertiary/aromatic N) is 1. The lowest BCUT2D eigenvalue weighted by molar-refractivity contribution is 0.0784. The summed E-state index contributed by atoms with van der Waals surface area (Å²) in [4.78, 5) is 14.3. The summed E-state index contributed by atoms with van der Waals surface area (Å²) in [5, 5.41) is 0.591. The van der Waals surface area contributed by atoms with Crippen LogP contribution in [-0.4, -0.2) is 32.5 Å². The molecule has 2 rings (SSSR count). The van der Waals surface area contributed by atoms with E-state index in [0.717, 1.165) is 17.4 Å². The summed E-state index contributed by atoms with van der Waals surface area (Å²) in [5.74, 6) is -0.243. The summed E-state index contributed by atoms with van der Waals surface area (Å²) in [7, 11) is -1.69. The topological polar surface area (TPSA) is 54.5 Å². The standard InChI is InChI=1S/C17H18ClNO3S/c1-12-8-9-14(23(3,21)22)10-15(12)17(20)19(2)11-13-6-4-5-7-16(13)18/h4-10H,11H2,1-3H3. The van der Waals surface area contributed by atoms with Gasteiger partial charge in [0.25, 0.3) is 5.91 Å². The molecule has 0 N–H and O–H groups in total. The molecular formula is C17H18ClNO3S. The quantitative estimate of drug-likeness (QED) is 0.849. The number of aryl methyl sites for hydroxylation is 1. The van der Waals surface area contributed by atoms with Gasteiger partial charge in [-0.2, -0.15) is 0 Å². The van der Waals surface area contributed by atoms with Crippen molar-refractivity contribution in [1.29, 1.82) is 0 Å². The predicted molar refractivity (Wildman–Crippen MR) is 91.5 cm³/mol. The van der Waals surface area contributed by atoms with Crippen LogP contribution in [0.25, 0.3) is 0 Å². The Kier molecular flexibility index (Phi) is 5.12. The summed E-state index contributed by atoms with van der Waals surface area (Å²) < 4.78 is 23.4. The Bertz CT molecular complexity index is 847. The van der Waals surface area contributed by atoms with Crippen molar-refractivity contribution in [2.45, 2.75) is 18.4 Å². The van der Waals surface area contributed by atoms with Gasteiger partial charge in [0, 0.05) is 30.4 Å². The van der Waals surface area contributed by atoms with Crippen LogP contribution < -0.4 is 0 Å². The smallest absolute Gasteiger partial charge is 0.254 e. The van der Waals surface area contributed by atoms with Crippen LogP contribution in [0.5, 0.6) is 0 Å². The maximum atomic E-state index is 12.6. The molecule has 0 saturated heterocycles. The molecule has 4 nitrogen and oxygen atoms in total. The van der Waals surface area contributed by atoms with Crippen molar-refractivity contribution in [3.8, 4) is 0 Å². The summed E-state index contributed by atoms with van der Waals surface area (Å²) in [6.45, 7) is 2.13. The number of amides is 1. The SMILES string of the molecule is Cc1ccc(S(C)(=O)=O)cc1C(=O)N(C)Cc1ccccc1Cl. The molecule has 0 saturated carbocycles. The van der Waals surface area contributed by atoms with Gasteiger partial charge in [-0.05, 0) is 36.2 Å². The Labute approximate surface area is 141 Å². The van der Waals surface area contributed by atoms with Crippen molar-refractivity contribution in [2.75, 3.05) is 13.3 Å². The van der Waals surface area contributed by atoms with E-state index in [9.17, 15) is 13.2 Å². The van der Waals surface area contributed by atoms with Crippen molar-refractivity contribution in [3.63, 3.8) is 0 Å². The number of carbonyl (C=O) groups is 1. The number of carbonyl (C=O) groups excluding carboxylic acids is 1. The van der Waals surface area contributed by atoms with E-state index >= 15 is 0 Å². The van der Waals surface area contributed by atoms with E-state index in [1.165, 1.54) is 17.0 Å². The zero-order valence-electron chi connectivity index (χ0n) is 13.2. The normalized spacial score (nSPS) is 11.3. The second-order valence-electron chi connectivity index (χ2n) is 5.50. The first-order valence-electron chi connectivity index (χ1n) is 6.99. The van der Waals surface area contributed by atoms with Gasteiger partial charge < -0.3 is 4.90 Å². The fourth-order valence-corrected chi connectivity index (χ4v) is 3.06. The molecule has 0 aliphatic carbocycles. The Morgan fingerprint density at radius 2 is 1.83 bits per heavy atom. The van der Waals surface area contributed by atoms with Crippen LogP contribution in [-0.2, 0) is 16.4 Å². The summed E-state index contributed by atoms with van der Waals surface area (Å²) in [6, 6.07) is 11.9. The van der Waals surface area contributed by atoms with Crippen LogP contribution in [0.4, 0.5) is 0 Å². The lowest BCUT2D eigenvalue weighted by atomic mass is 10.1. The van der Waals surface area contributed by atoms with Gasteiger partial charge >= 0.3 is 0 Å². The van der Waals surface area contributed by atoms with Crippen LogP contribution in [0.1, 0.15) is 21.5 Å². The summed E-state index contributed by atoms with van der Waals surface area (Å²) >= 11 is 6.12. The van der Waals surface area contributed by atoms with Gasteiger partial charge in [0.1, 0.15) is 0 Å². The second kappa shape index (κ2) is 6.72. The first-order chi connectivity index (χ1) is 10.7. The third-order valence-corrected chi connectivity index (χ3v) is 5.06. The highest BCUT2D eigenvalue weighted by atomic mass is 35.5. The highest BCUT2D eigenvalue weighted by Gasteiger charge is 2.18. The van der Waals surface area contributed by atoms with Crippen molar-refractivity contribution < 1.29 is 13.2 Å². The molecule has 0 radical (unpaired) electrons. The maximum absolute atomic E-state index is 12.6. The van der Waals surface area contributed by atoms with Gasteiger partial charge in [-0.15, -0.1) is 0 Å². The minimum absolute atomic E-state index is 0.137. The van der Waals surface area contributed by atoms with Gasteiger partial charge in [-0.1, -0.05) is 35.9 Å². The van der Waals surface area contributed by atoms with Crippen LogP contribution >= 0.6 is 11.6 Å². The van der Waals surface area contributed by atoms with Gasteiger partial charge in [0.05, 0.1) is 4.90 Å². The maximum Gasteiger partial charge on any atom is 0.254 e. The van der Waals surface area contributed by atoms with Crippen LogP contribution in [0.3, 0.4) is 0 Å². The molecule has 6 heteroatoms. The van der Waals surface area contributed by atoms with E-state index in [1.807, 2.05) is 18.2 Å². The third kappa shape index (κ3) is 4.12. The molecule has 2 aromatic carbocycles. The van der Waals surface area contributed by atoms with E-state index in [-0.39, 0.29) is 10.8 Å². The van der Waals surface area contributed by atoms with Crippen LogP contribution in [0.2, 0.25) is 5.02 Å². The molecule has 1 amide bonds. The molecule has 0 heterocycles. The molecule has 0 aromatic heterocycles. The molecule has 23 heavy (non-hydrogen) atoms. The highest BCUT2D eigenvalue weighted by molar-refractivity contribution is 7.90. The van der Waals surface area contributed by atoms with Gasteiger partial charge in [0.15, 0.2) is 9.84 Å². The Morgan fingerprint density at radius 1 is 1.17 bits per heavy atom. The Balaban J connectivity index is 2.31. The van der Waals surface area contributed by atoms with Gasteiger partial charge in [-0.3, -0.25) is 4.79 Å². The summed E-state index contributed by atoms with van der Waals surface area (Å²) in [5.41, 5.74) is 1.94. The Hall–Kier alpha value is -1.85. The molecule has 122 valence electrons. The number of rotatable bonds is 4. The first-order valence-corrected chi connectivity index (χ1v) is 9.26. The molecule has 0 spiro atoms. The van der Waals surface area contributed by atoms with Crippen molar-refractivity contribution in [3.05, 3.63) is 64.2 Å². The molecule has 0 unspecified atom stereocenters. The van der Waals surface area contributed by atoms with Crippen LogP contribution in [0.15, 0.2) is 47.4 Å². The van der Waals surface area contributed by atoms with E-state index in [1.54, 1.807) is 26.1 Å². The van der Waals surface area contributed by atoms with Gasteiger partial charge in [0.2, 0.25) is 0 Å². The first kappa shape index (κ1) is 17.5. The van der Waals surface area contributed by atoms with E-state index in [4.69, 9.17) is 11.6 Å². The van der Waals surface area contributed by atoms with E-state index in [0.29, 0.717) is 17.1 Å². The third-order valence-electron chi connectivity index (χ3n) is 3.58. The number of halogens is 1. The average Bonchev–Trinajstić information content (AvgIpc) is 2.48. The second-order valence-corrected chi connectivity index (χ2v) is 7.92. The lowest BCUT2D eigenvalue weighted by Gasteiger charge is -2.19. The number of hydrogen-bond acceptors (Lipinski definition) is 3. The monoisotopic (exact) mass is 351 g/mol. The minimum Gasteiger partial charge on any atom is -0.337 e. The van der Waals surface area contributed by atoms with Crippen molar-refractivity contribution in [2.24, 2.45) is 0 Å². The van der Waals surface area contributed by atoms with E-state index < -0.39 is 9.84 Å². The highest BCUT2D eigenvalue weighted by Crippen LogP contribution is 2.20. The molecule has 0 aliphatic rings. The average molecular weight is 352 g/mol. The molecular weight excluding hydrogens is 334 g/mol. The zero-order valence-corrected chi connectivity index (χ0v) is 14.8. The van der Waals surface area contributed by atoms with Crippen molar-refractivity contribution in [1.82, 2.24) is 4.90 Å². The summed E-state index contributed by atoms with van der Waals surface area (Å²) in [6.07, 6.45) is 1.12. The fourth-order valence-electron chi connectivity index (χ4n) is 2.22. The number of sulfone groups is 1. The Morgan fingerprint density at radius 3 is 2.43 bits per heavy atom. The largest absolute Gasteiger partial charge is 0.337 e. The number of benzene rings is 2. The molecule has 2 aromatic rings. The fraction of sp³-hybridized carbons (Fsp3) is 0.235. The van der Waals surface area contributed by atoms with Crippen LogP contribution in [0, 0.1) is 6.92 Å². The van der Waals surface area contributed by atoms with E-state index in [2.05, 4.69) is 0 Å². The van der Waals surface area contributed by atoms with Crippen molar-refractivity contribution >= 4 is 27.3 Å². The zero-order chi connectivity index (χ0) is 17.2. The van der Waals surface area contributed by atoms with Gasteiger partial charge in [-0.25, -0.2) is 8.42 Å². The molecule has 0 bridgehead atoms. The molecule has 0 fully saturated rings. The molecule has 0 aliphatic heterocycles. The predicted octanol–water partition coefficient (Wildman–Crippen LogP) is 3.32. The molecule has 0 atom stereocenters. The number of hydrogen-bond donors (Lipinski definition) is 0.